The van der Waals surface area contributed by atoms with Crippen LogP contribution in [0.5, 0.6) is 0 Å². The monoisotopic (exact) mass is 336 g/mol. The smallest absolute Gasteiger partial charge is 0.248 e. The van der Waals surface area contributed by atoms with Crippen LogP contribution in [0.25, 0.3) is 6.08 Å². The summed E-state index contributed by atoms with van der Waals surface area (Å²) in [5, 5.41) is 6.50. The van der Waals surface area contributed by atoms with Gasteiger partial charge < -0.3 is 5.32 Å². The molecule has 2 aromatic rings. The number of nitrogens with zero attached hydrogens (tertiary/aromatic N) is 1. The summed E-state index contributed by atoms with van der Waals surface area (Å²) in [5.41, 5.74) is 1.38. The molecule has 1 aromatic heterocycles. The maximum absolute atomic E-state index is 12.1. The van der Waals surface area contributed by atoms with Crippen LogP contribution in [-0.2, 0) is 14.8 Å². The first-order valence-corrected chi connectivity index (χ1v) is 8.82. The third-order valence-corrected chi connectivity index (χ3v) is 5.36. The maximum atomic E-state index is 12.1. The van der Waals surface area contributed by atoms with E-state index in [-0.39, 0.29) is 10.8 Å². The SMILES string of the molecule is CN(C)S(=O)(=O)c1cccc(NC(=O)/C=C/c2ccsc2)c1. The second-order valence-corrected chi connectivity index (χ2v) is 7.63. The van der Waals surface area contributed by atoms with Gasteiger partial charge in [0.05, 0.1) is 4.90 Å². The van der Waals surface area contributed by atoms with E-state index in [4.69, 9.17) is 0 Å². The fraction of sp³-hybridized carbons (Fsp3) is 0.133. The summed E-state index contributed by atoms with van der Waals surface area (Å²) in [6.45, 7) is 0. The lowest BCUT2D eigenvalue weighted by molar-refractivity contribution is -0.111. The van der Waals surface area contributed by atoms with Crippen molar-refractivity contribution in [1.82, 2.24) is 4.31 Å². The van der Waals surface area contributed by atoms with Crippen LogP contribution >= 0.6 is 11.3 Å². The van der Waals surface area contributed by atoms with Gasteiger partial charge >= 0.3 is 0 Å². The Balaban J connectivity index is 2.12. The molecule has 1 amide bonds. The molecule has 0 unspecified atom stereocenters. The van der Waals surface area contributed by atoms with E-state index in [0.717, 1.165) is 9.87 Å². The molecule has 0 aliphatic heterocycles. The fourth-order valence-electron chi connectivity index (χ4n) is 1.67. The number of carbonyl (C=O) groups is 1. The molecule has 1 heterocycles. The van der Waals surface area contributed by atoms with Crippen molar-refractivity contribution in [3.8, 4) is 0 Å². The quantitative estimate of drug-likeness (QED) is 0.854. The van der Waals surface area contributed by atoms with Gasteiger partial charge in [0.1, 0.15) is 0 Å². The molecule has 1 aromatic carbocycles. The summed E-state index contributed by atoms with van der Waals surface area (Å²) >= 11 is 1.55. The maximum Gasteiger partial charge on any atom is 0.248 e. The second-order valence-electron chi connectivity index (χ2n) is 4.69. The van der Waals surface area contributed by atoms with Crippen molar-refractivity contribution in [1.29, 1.82) is 0 Å². The molecular formula is C15H16N2O3S2. The molecule has 0 aliphatic carbocycles. The summed E-state index contributed by atoms with van der Waals surface area (Å²) in [4.78, 5) is 12.0. The molecule has 0 radical (unpaired) electrons. The van der Waals surface area contributed by atoms with Crippen LogP contribution in [0.3, 0.4) is 0 Å². The Hall–Kier alpha value is -1.96. The standard InChI is InChI=1S/C15H16N2O3S2/c1-17(2)22(19,20)14-5-3-4-13(10-14)16-15(18)7-6-12-8-9-21-11-12/h3-11H,1-2H3,(H,16,18)/b7-6+. The Morgan fingerprint density at radius 3 is 2.68 bits per heavy atom. The van der Waals surface area contributed by atoms with E-state index in [1.165, 1.54) is 32.3 Å². The topological polar surface area (TPSA) is 66.5 Å². The Morgan fingerprint density at radius 1 is 1.27 bits per heavy atom. The van der Waals surface area contributed by atoms with E-state index >= 15 is 0 Å². The number of benzene rings is 1. The molecule has 7 heteroatoms. The van der Waals surface area contributed by atoms with Crippen LogP contribution in [0, 0.1) is 0 Å². The third kappa shape index (κ3) is 4.03. The third-order valence-electron chi connectivity index (χ3n) is 2.85. The molecule has 0 saturated carbocycles. The fourth-order valence-corrected chi connectivity index (χ4v) is 3.25. The molecule has 0 aliphatic rings. The van der Waals surface area contributed by atoms with Crippen LogP contribution in [0.15, 0.2) is 52.1 Å². The number of sulfonamides is 1. The molecule has 116 valence electrons. The van der Waals surface area contributed by atoms with Gasteiger partial charge in [-0.25, -0.2) is 12.7 Å². The van der Waals surface area contributed by atoms with Gasteiger partial charge in [-0.2, -0.15) is 11.3 Å². The van der Waals surface area contributed by atoms with Gasteiger partial charge in [0, 0.05) is 25.9 Å². The molecule has 22 heavy (non-hydrogen) atoms. The summed E-state index contributed by atoms with van der Waals surface area (Å²) in [6.07, 6.45) is 3.11. The van der Waals surface area contributed by atoms with Gasteiger partial charge in [-0.05, 0) is 46.7 Å². The van der Waals surface area contributed by atoms with Gasteiger partial charge in [-0.3, -0.25) is 4.79 Å². The first kappa shape index (κ1) is 16.4. The first-order chi connectivity index (χ1) is 10.4. The molecule has 0 fully saturated rings. The van der Waals surface area contributed by atoms with Gasteiger partial charge in [-0.1, -0.05) is 6.07 Å². The van der Waals surface area contributed by atoms with Crippen molar-refractivity contribution in [3.05, 3.63) is 52.7 Å². The van der Waals surface area contributed by atoms with Crippen molar-refractivity contribution in [2.75, 3.05) is 19.4 Å². The normalized spacial score (nSPS) is 12.0. The van der Waals surface area contributed by atoms with E-state index in [2.05, 4.69) is 5.32 Å². The lowest BCUT2D eigenvalue weighted by atomic mass is 10.3. The minimum atomic E-state index is -3.52. The van der Waals surface area contributed by atoms with Gasteiger partial charge in [0.2, 0.25) is 15.9 Å². The number of amides is 1. The zero-order valence-corrected chi connectivity index (χ0v) is 13.8. The number of anilines is 1. The van der Waals surface area contributed by atoms with Crippen molar-refractivity contribution in [2.45, 2.75) is 4.90 Å². The highest BCUT2D eigenvalue weighted by Gasteiger charge is 2.17. The van der Waals surface area contributed by atoms with Crippen LogP contribution in [0.4, 0.5) is 5.69 Å². The first-order valence-electron chi connectivity index (χ1n) is 6.43. The van der Waals surface area contributed by atoms with Gasteiger partial charge in [-0.15, -0.1) is 0 Å². The van der Waals surface area contributed by atoms with E-state index in [9.17, 15) is 13.2 Å². The summed E-state index contributed by atoms with van der Waals surface area (Å²) in [5.74, 6) is -0.314. The van der Waals surface area contributed by atoms with Gasteiger partial charge in [0.15, 0.2) is 0 Å². The highest BCUT2D eigenvalue weighted by Crippen LogP contribution is 2.18. The Morgan fingerprint density at radius 2 is 2.05 bits per heavy atom. The highest BCUT2D eigenvalue weighted by molar-refractivity contribution is 7.89. The highest BCUT2D eigenvalue weighted by atomic mass is 32.2. The minimum absolute atomic E-state index is 0.136. The molecule has 0 bridgehead atoms. The molecule has 0 saturated heterocycles. The van der Waals surface area contributed by atoms with Crippen LogP contribution in [0.1, 0.15) is 5.56 Å². The predicted octanol–water partition coefficient (Wildman–Crippen LogP) is 2.65. The average molecular weight is 336 g/mol. The number of carbonyl (C=O) groups excluding carboxylic acids is 1. The van der Waals surface area contributed by atoms with Crippen LogP contribution in [0.2, 0.25) is 0 Å². The average Bonchev–Trinajstić information content (AvgIpc) is 2.98. The summed E-state index contributed by atoms with van der Waals surface area (Å²) in [7, 11) is -0.593. The van der Waals surface area contributed by atoms with E-state index in [1.54, 1.807) is 29.5 Å². The zero-order valence-electron chi connectivity index (χ0n) is 12.2. The molecule has 1 N–H and O–H groups in total. The van der Waals surface area contributed by atoms with Crippen molar-refractivity contribution in [3.63, 3.8) is 0 Å². The van der Waals surface area contributed by atoms with E-state index in [0.29, 0.717) is 5.69 Å². The number of hydrogen-bond acceptors (Lipinski definition) is 4. The number of nitrogens with one attached hydrogen (secondary N) is 1. The van der Waals surface area contributed by atoms with E-state index in [1.807, 2.05) is 16.8 Å². The Kier molecular flexibility index (Phi) is 5.12. The summed E-state index contributed by atoms with van der Waals surface area (Å²) < 4.78 is 25.2. The van der Waals surface area contributed by atoms with Crippen molar-refractivity contribution < 1.29 is 13.2 Å². The van der Waals surface area contributed by atoms with E-state index < -0.39 is 10.0 Å². The lowest BCUT2D eigenvalue weighted by Crippen LogP contribution is -2.22. The second kappa shape index (κ2) is 6.87. The zero-order chi connectivity index (χ0) is 16.2. The van der Waals surface area contributed by atoms with Gasteiger partial charge in [0.25, 0.3) is 0 Å². The lowest BCUT2D eigenvalue weighted by Gasteiger charge is -2.12. The summed E-state index contributed by atoms with van der Waals surface area (Å²) in [6, 6.07) is 8.07. The Labute approximate surface area is 133 Å². The molecule has 0 spiro atoms. The molecule has 0 atom stereocenters. The molecular weight excluding hydrogens is 320 g/mol. The van der Waals surface area contributed by atoms with Crippen LogP contribution < -0.4 is 5.32 Å². The van der Waals surface area contributed by atoms with Crippen LogP contribution in [-0.4, -0.2) is 32.7 Å². The number of hydrogen-bond donors (Lipinski definition) is 1. The molecule has 2 rings (SSSR count). The number of rotatable bonds is 5. The molecule has 5 nitrogen and oxygen atoms in total. The largest absolute Gasteiger partial charge is 0.322 e. The van der Waals surface area contributed by atoms with Crippen molar-refractivity contribution in [2.24, 2.45) is 0 Å². The predicted molar refractivity (Wildman–Crippen MR) is 89.3 cm³/mol. The Bertz CT molecular complexity index is 779. The number of thiophene rings is 1. The minimum Gasteiger partial charge on any atom is -0.322 e. The van der Waals surface area contributed by atoms with Crippen molar-refractivity contribution >= 4 is 39.0 Å².